The summed E-state index contributed by atoms with van der Waals surface area (Å²) in [5, 5.41) is 73.1. The second-order valence-electron chi connectivity index (χ2n) is 32.6. The number of nitrogens with zero attached hydrogens (tertiary/aromatic N) is 6. The topological polar surface area (TPSA) is 499 Å². The predicted octanol–water partition coefficient (Wildman–Crippen LogP) is 0.472. The number of imide groups is 1. The predicted molar refractivity (Wildman–Crippen MR) is 446 cm³/mol. The number of unbranched alkanes of at least 4 members (excludes halogenated alkanes) is 1. The van der Waals surface area contributed by atoms with E-state index < -0.39 is 182 Å². The maximum atomic E-state index is 15.0. The summed E-state index contributed by atoms with van der Waals surface area (Å²) in [5.74, 6) is -2.41. The van der Waals surface area contributed by atoms with Gasteiger partial charge in [0.05, 0.1) is 120 Å². The van der Waals surface area contributed by atoms with Crippen LogP contribution in [0, 0.1) is 29.6 Å². The molecular formula is C84H139N13O24. The Kier molecular flexibility index (Phi) is 45.5. The summed E-state index contributed by atoms with van der Waals surface area (Å²) in [4.78, 5) is 162. The molecule has 1 aromatic rings. The number of nitrogens with one attached hydrogen (secondary N) is 6. The van der Waals surface area contributed by atoms with E-state index in [-0.39, 0.29) is 127 Å². The van der Waals surface area contributed by atoms with Crippen LogP contribution in [0.3, 0.4) is 0 Å². The number of hydrogen-bond donors (Lipinski definition) is 12. The van der Waals surface area contributed by atoms with Crippen LogP contribution >= 0.6 is 0 Å². The zero-order chi connectivity index (χ0) is 89.7. The molecule has 684 valence electrons. The lowest BCUT2D eigenvalue weighted by Crippen LogP contribution is -2.62. The Hall–Kier alpha value is -8.05. The Morgan fingerprint density at radius 1 is 0.661 bits per heavy atom. The summed E-state index contributed by atoms with van der Waals surface area (Å²) in [6.45, 7) is 20.0. The first-order chi connectivity index (χ1) is 57.6. The van der Waals surface area contributed by atoms with Crippen LogP contribution in [0.4, 0.5) is 0 Å². The average Bonchev–Trinajstić information content (AvgIpc) is 1.76. The van der Waals surface area contributed by atoms with Crippen LogP contribution in [-0.4, -0.2) is 333 Å². The lowest BCUT2D eigenvalue weighted by atomic mass is 9.89. The number of ether oxygens (including phenoxy) is 8. The molecule has 37 heteroatoms. The summed E-state index contributed by atoms with van der Waals surface area (Å²) in [5.41, 5.74) is 1.14. The number of hydrogen-bond acceptors (Lipinski definition) is 27. The molecule has 37 nitrogen and oxygen atoms in total. The van der Waals surface area contributed by atoms with Crippen LogP contribution < -0.4 is 37.7 Å². The Labute approximate surface area is 711 Å². The first-order valence-corrected chi connectivity index (χ1v) is 42.6. The van der Waals surface area contributed by atoms with Crippen LogP contribution in [0.1, 0.15) is 171 Å². The number of nitrogens with two attached hydrogens (primary N) is 1. The van der Waals surface area contributed by atoms with Gasteiger partial charge in [0.15, 0.2) is 6.23 Å². The lowest BCUT2D eigenvalue weighted by Gasteiger charge is -2.41. The number of amides is 11. The fourth-order valence-electron chi connectivity index (χ4n) is 15.4. The smallest absolute Gasteiger partial charge is 0.253 e. The molecule has 1 aromatic carbocycles. The zero-order valence-electron chi connectivity index (χ0n) is 73.4. The maximum Gasteiger partial charge on any atom is 0.253 e. The molecule has 0 radical (unpaired) electrons. The fraction of sp³-hybridized carbons (Fsp3) is 0.750. The first kappa shape index (κ1) is 103. The Morgan fingerprint density at radius 2 is 1.28 bits per heavy atom. The van der Waals surface area contributed by atoms with Gasteiger partial charge in [-0.2, -0.15) is 5.10 Å². The van der Waals surface area contributed by atoms with Crippen molar-refractivity contribution in [2.45, 2.75) is 263 Å². The molecule has 3 fully saturated rings. The molecule has 0 bridgehead atoms. The summed E-state index contributed by atoms with van der Waals surface area (Å²) in [6, 6.07) is 1.14. The number of benzene rings is 1. The van der Waals surface area contributed by atoms with Gasteiger partial charge < -0.3 is 116 Å². The van der Waals surface area contributed by atoms with Gasteiger partial charge in [-0.15, -0.1) is 0 Å². The third-order valence-corrected chi connectivity index (χ3v) is 22.6. The number of hydrazone groups is 1. The van der Waals surface area contributed by atoms with E-state index in [1.54, 1.807) is 91.6 Å². The number of aliphatic hydroxyl groups excluding tert-OH is 5. The van der Waals surface area contributed by atoms with Crippen molar-refractivity contribution in [1.29, 1.82) is 0 Å². The highest BCUT2D eigenvalue weighted by Crippen LogP contribution is 2.32. The molecule has 5 rings (SSSR count). The molecule has 3 heterocycles. The van der Waals surface area contributed by atoms with Gasteiger partial charge in [-0.05, 0) is 94.4 Å². The number of methoxy groups -OCH3 is 2. The van der Waals surface area contributed by atoms with E-state index >= 15 is 4.79 Å². The fourth-order valence-corrected chi connectivity index (χ4v) is 15.4. The minimum absolute atomic E-state index is 0.0296. The van der Waals surface area contributed by atoms with Gasteiger partial charge in [-0.3, -0.25) is 62.6 Å². The highest BCUT2D eigenvalue weighted by Gasteiger charge is 2.47. The van der Waals surface area contributed by atoms with Gasteiger partial charge in [-0.1, -0.05) is 112 Å². The lowest BCUT2D eigenvalue weighted by molar-refractivity contribution is -0.226. The van der Waals surface area contributed by atoms with E-state index in [0.717, 1.165) is 11.3 Å². The largest absolute Gasteiger partial charge is 0.394 e. The number of likely N-dealkylation sites (N-methyl/N-ethyl adjacent to an activating group) is 2. The zero-order valence-corrected chi connectivity index (χ0v) is 73.4. The third kappa shape index (κ3) is 31.6. The summed E-state index contributed by atoms with van der Waals surface area (Å²) in [7, 11) is 6.01. The molecule has 121 heavy (non-hydrogen) atoms. The quantitative estimate of drug-likeness (QED) is 0.0183. The number of aliphatic hydroxyl groups is 5. The molecule has 4 aliphatic rings. The van der Waals surface area contributed by atoms with Gasteiger partial charge in [0.25, 0.3) is 11.8 Å². The number of carbonyl (C=O) groups excluding carboxylic acids is 11. The van der Waals surface area contributed by atoms with Crippen LogP contribution in [0.2, 0.25) is 0 Å². The molecule has 1 saturated carbocycles. The van der Waals surface area contributed by atoms with Crippen molar-refractivity contribution < 1.29 is 116 Å². The molecule has 11 amide bonds. The van der Waals surface area contributed by atoms with Crippen LogP contribution in [0.25, 0.3) is 0 Å². The first-order valence-electron chi connectivity index (χ1n) is 42.6. The van der Waals surface area contributed by atoms with Crippen molar-refractivity contribution in [1.82, 2.24) is 51.5 Å². The minimum Gasteiger partial charge on any atom is -0.394 e. The van der Waals surface area contributed by atoms with Crippen molar-refractivity contribution in [3.8, 4) is 0 Å². The average molecular weight is 1720 g/mol. The Balaban J connectivity index is 1.20. The standard InChI is InChI=1S/C84H139N13O24/c1-16-52(8)72(61(114-14)46-67(103)96-36-25-30-59(96)77(115-15)53(9)78(108)87-54(10)73(104)56-26-19-17-20-27-56)95(13)84(113)69(50(4)5)92-81(111)71(51(6)7)94(12)83(112)55(11)88-80(110)68(49(2)3)91-79(109)58(89-63(99)34-38-116-40-42-118-44-45-119-43-41-117-39-37-97-65(101)32-33-66(97)102)29-23-24-35-86-64(100)48-120-60-31-22-18-21-28-57(70(60)93-85)90-82-76(107)75(106)74(105)62(47-98)121-82/h17,19-20,26-27,32-33,49-55,58-62,68-69,71-77,82,98,104-107H,16,18,21-25,28-31,34-48,85H2,1-15H3,(H,86,100)(H,87,108)(H,88,110)(H,89,99)(H,91,109)(H,92,111)/t52-,53+,54+,55-,58+,59-,60?,61+,62+,68-,69-,71-,72-,73+,74-,75-,76+,77+,82+/m0/s1. The van der Waals surface area contributed by atoms with Crippen molar-refractivity contribution in [3.05, 3.63) is 48.0 Å². The second kappa shape index (κ2) is 53.2. The third-order valence-electron chi connectivity index (χ3n) is 22.6. The highest BCUT2D eigenvalue weighted by molar-refractivity contribution is 6.44. The van der Waals surface area contributed by atoms with E-state index in [0.29, 0.717) is 69.2 Å². The van der Waals surface area contributed by atoms with E-state index in [1.807, 2.05) is 19.9 Å². The van der Waals surface area contributed by atoms with E-state index in [9.17, 15) is 73.5 Å². The summed E-state index contributed by atoms with van der Waals surface area (Å²) in [6.07, 6.45) is -3.48. The van der Waals surface area contributed by atoms with Gasteiger partial charge in [0.1, 0.15) is 73.0 Å². The molecule has 13 N–H and O–H groups in total. The van der Waals surface area contributed by atoms with E-state index in [1.165, 1.54) is 50.1 Å². The van der Waals surface area contributed by atoms with E-state index in [2.05, 4.69) is 42.0 Å². The molecule has 3 aliphatic heterocycles. The van der Waals surface area contributed by atoms with E-state index in [4.69, 9.17) is 43.7 Å². The number of carbonyl (C=O) groups is 11. The van der Waals surface area contributed by atoms with Gasteiger partial charge in [0, 0.05) is 60.0 Å². The van der Waals surface area contributed by atoms with Crippen LogP contribution in [0.15, 0.2) is 52.6 Å². The molecule has 2 saturated heterocycles. The monoisotopic (exact) mass is 1710 g/mol. The molecule has 1 unspecified atom stereocenters. The van der Waals surface area contributed by atoms with Gasteiger partial charge in [-0.25, -0.2) is 0 Å². The molecule has 19 atom stereocenters. The summed E-state index contributed by atoms with van der Waals surface area (Å²) >= 11 is 0. The maximum absolute atomic E-state index is 15.0. The van der Waals surface area contributed by atoms with Crippen molar-refractivity contribution >= 4 is 76.4 Å². The van der Waals surface area contributed by atoms with Gasteiger partial charge in [0.2, 0.25) is 53.2 Å². The number of aliphatic imine (C=N–C) groups is 1. The molecule has 1 aliphatic carbocycles. The van der Waals surface area contributed by atoms with Crippen LogP contribution in [-0.2, 0) is 90.6 Å². The van der Waals surface area contributed by atoms with Gasteiger partial charge >= 0.3 is 0 Å². The molecule has 0 aromatic heterocycles. The Morgan fingerprint density at radius 3 is 1.87 bits per heavy atom. The SMILES string of the molecule is CC[C@H](C)[C@@H]([C@@H](CC(=O)N1CCC[C@H]1[C@H](OC)[C@@H](C)C(=O)N[C@H](C)[C@@H](O)c1ccccc1)OC)N(C)C(=O)[C@@H](NC(=O)[C@H](C(C)C)N(C)C(=O)[C@H](C)NC(=O)[C@@H](NC(=O)[C@@H](CCCCNC(=O)COC1CCCCCC(=N[C@@H]2O[C@H](CO)[C@H](O)[C@H](O)[C@H]2O)C1=NN)NC(=O)CCOCCOCCOCCOCCN1C(=O)C=CC1=O)C(C)C)C(C)C. The minimum atomic E-state index is -1.67. The van der Waals surface area contributed by atoms with Crippen LogP contribution in [0.5, 0.6) is 0 Å². The molecular weight excluding hydrogens is 1570 g/mol. The Bertz CT molecular complexity index is 3520. The second-order valence-corrected chi connectivity index (χ2v) is 32.6. The summed E-state index contributed by atoms with van der Waals surface area (Å²) < 4.78 is 46.0. The number of likely N-dealkylation sites (tertiary alicyclic amines) is 1. The molecule has 0 spiro atoms. The normalized spacial score (nSPS) is 22.7. The van der Waals surface area contributed by atoms with Crippen molar-refractivity contribution in [2.24, 2.45) is 45.5 Å². The highest BCUT2D eigenvalue weighted by atomic mass is 16.6. The van der Waals surface area contributed by atoms with Crippen molar-refractivity contribution in [3.63, 3.8) is 0 Å². The number of rotatable bonds is 52. The van der Waals surface area contributed by atoms with Crippen molar-refractivity contribution in [2.75, 3.05) is 114 Å².